The lowest BCUT2D eigenvalue weighted by Gasteiger charge is -2.11. The molecule has 0 radical (unpaired) electrons. The number of likely N-dealkylation sites (N-methyl/N-ethyl adjacent to an activating group) is 1. The molecule has 5 nitrogen and oxygen atoms in total. The molecule has 156 valence electrons. The maximum Gasteiger partial charge on any atom is 0.266 e. The Morgan fingerprint density at radius 2 is 1.97 bits per heavy atom. The Labute approximate surface area is 186 Å². The number of nitrogens with zero attached hydrogens (tertiary/aromatic N) is 3. The number of ether oxygens (including phenoxy) is 1. The second-order valence-electron chi connectivity index (χ2n) is 7.11. The van der Waals surface area contributed by atoms with Crippen molar-refractivity contribution in [3.8, 4) is 5.75 Å². The van der Waals surface area contributed by atoms with Gasteiger partial charge in [0.05, 0.1) is 16.8 Å². The van der Waals surface area contributed by atoms with Crippen LogP contribution in [0.4, 0.5) is 5.69 Å². The quantitative estimate of drug-likeness (QED) is 0.479. The number of amidine groups is 1. The van der Waals surface area contributed by atoms with E-state index in [4.69, 9.17) is 4.74 Å². The normalized spacial score (nSPS) is 16.3. The highest BCUT2D eigenvalue weighted by Crippen LogP contribution is 2.34. The summed E-state index contributed by atoms with van der Waals surface area (Å²) in [6.07, 6.45) is 5.27. The lowest BCUT2D eigenvalue weighted by Crippen LogP contribution is -2.28. The zero-order valence-electron chi connectivity index (χ0n) is 17.5. The minimum atomic E-state index is -0.0406. The number of aryl methyl sites for hydroxylation is 1. The minimum absolute atomic E-state index is 0.0406. The van der Waals surface area contributed by atoms with Crippen molar-refractivity contribution in [3.05, 3.63) is 94.7 Å². The van der Waals surface area contributed by atoms with Gasteiger partial charge >= 0.3 is 0 Å². The molecule has 1 amide bonds. The van der Waals surface area contributed by atoms with E-state index >= 15 is 0 Å². The molecular formula is C25H23N3O2S. The molecule has 0 spiro atoms. The van der Waals surface area contributed by atoms with Crippen LogP contribution in [0.1, 0.15) is 23.6 Å². The fourth-order valence-electron chi connectivity index (χ4n) is 3.10. The number of hydrogen-bond donors (Lipinski definition) is 0. The van der Waals surface area contributed by atoms with Crippen LogP contribution in [0.3, 0.4) is 0 Å². The molecule has 1 aliphatic rings. The van der Waals surface area contributed by atoms with Gasteiger partial charge in [0, 0.05) is 12.7 Å². The highest BCUT2D eigenvalue weighted by molar-refractivity contribution is 8.18. The Kier molecular flexibility index (Phi) is 6.48. The van der Waals surface area contributed by atoms with Crippen LogP contribution in [0.25, 0.3) is 6.08 Å². The summed E-state index contributed by atoms with van der Waals surface area (Å²) in [5.41, 5.74) is 3.98. The summed E-state index contributed by atoms with van der Waals surface area (Å²) in [6.45, 7) is 5.07. The summed E-state index contributed by atoms with van der Waals surface area (Å²) in [5.74, 6) is 0.725. The first kappa shape index (κ1) is 20.9. The number of aliphatic imine (C=N–C) groups is 1. The van der Waals surface area contributed by atoms with Gasteiger partial charge in [-0.1, -0.05) is 42.0 Å². The van der Waals surface area contributed by atoms with E-state index in [9.17, 15) is 4.79 Å². The van der Waals surface area contributed by atoms with Crippen LogP contribution in [-0.4, -0.2) is 27.5 Å². The molecule has 2 aromatic carbocycles. The summed E-state index contributed by atoms with van der Waals surface area (Å²) in [6, 6.07) is 19.8. The molecular weight excluding hydrogens is 406 g/mol. The topological polar surface area (TPSA) is 54.8 Å². The summed E-state index contributed by atoms with van der Waals surface area (Å²) in [5, 5.41) is 0.665. The first-order chi connectivity index (χ1) is 15.1. The fourth-order valence-corrected chi connectivity index (χ4v) is 4.16. The van der Waals surface area contributed by atoms with Gasteiger partial charge in [0.25, 0.3) is 5.91 Å². The van der Waals surface area contributed by atoms with Crippen molar-refractivity contribution >= 4 is 34.6 Å². The van der Waals surface area contributed by atoms with Crippen LogP contribution in [-0.2, 0) is 11.4 Å². The maximum absolute atomic E-state index is 12.9. The highest BCUT2D eigenvalue weighted by Gasteiger charge is 2.32. The number of carbonyl (C=O) groups is 1. The molecule has 0 saturated carbocycles. The lowest BCUT2D eigenvalue weighted by molar-refractivity contribution is -0.122. The summed E-state index contributed by atoms with van der Waals surface area (Å²) < 4.78 is 5.94. The zero-order valence-corrected chi connectivity index (χ0v) is 18.3. The molecule has 3 aromatic rings. The molecule has 0 atom stereocenters. The molecule has 0 bridgehead atoms. The average molecular weight is 430 g/mol. The van der Waals surface area contributed by atoms with Gasteiger partial charge in [-0.2, -0.15) is 0 Å². The Morgan fingerprint density at radius 3 is 2.71 bits per heavy atom. The van der Waals surface area contributed by atoms with E-state index in [1.54, 1.807) is 17.3 Å². The van der Waals surface area contributed by atoms with E-state index in [1.807, 2.05) is 49.4 Å². The van der Waals surface area contributed by atoms with Crippen LogP contribution in [0.2, 0.25) is 0 Å². The van der Waals surface area contributed by atoms with Crippen molar-refractivity contribution < 1.29 is 9.53 Å². The van der Waals surface area contributed by atoms with Gasteiger partial charge < -0.3 is 4.74 Å². The molecule has 0 N–H and O–H groups in total. The lowest BCUT2D eigenvalue weighted by atomic mass is 10.1. The van der Waals surface area contributed by atoms with Gasteiger partial charge in [-0.25, -0.2) is 4.99 Å². The van der Waals surface area contributed by atoms with E-state index in [-0.39, 0.29) is 5.91 Å². The molecule has 6 heteroatoms. The summed E-state index contributed by atoms with van der Waals surface area (Å²) in [7, 11) is 0. The van der Waals surface area contributed by atoms with Gasteiger partial charge in [0.2, 0.25) is 0 Å². The fraction of sp³-hybridized carbons (Fsp3) is 0.160. The minimum Gasteiger partial charge on any atom is -0.489 e. The predicted octanol–water partition coefficient (Wildman–Crippen LogP) is 5.59. The number of rotatable bonds is 6. The number of carbonyl (C=O) groups excluding carboxylic acids is 1. The molecule has 1 aromatic heterocycles. The Hall–Kier alpha value is -3.38. The number of pyridine rings is 1. The molecule has 0 unspecified atom stereocenters. The SMILES string of the molecule is CCN1C(=O)/C(=C/c2cccc(OCc3ccc(C)cc3)c2)SC1=Nc1cccnc1. The molecule has 4 rings (SSSR count). The largest absolute Gasteiger partial charge is 0.489 e. The van der Waals surface area contributed by atoms with Gasteiger partial charge in [-0.3, -0.25) is 14.7 Å². The number of amides is 1. The van der Waals surface area contributed by atoms with E-state index < -0.39 is 0 Å². The number of thioether (sulfide) groups is 1. The van der Waals surface area contributed by atoms with Crippen molar-refractivity contribution in [2.45, 2.75) is 20.5 Å². The second-order valence-corrected chi connectivity index (χ2v) is 8.12. The molecule has 1 aliphatic heterocycles. The molecule has 1 saturated heterocycles. The number of aromatic nitrogens is 1. The highest BCUT2D eigenvalue weighted by atomic mass is 32.2. The van der Waals surface area contributed by atoms with Gasteiger partial charge in [0.1, 0.15) is 12.4 Å². The average Bonchev–Trinajstić information content (AvgIpc) is 3.08. The smallest absolute Gasteiger partial charge is 0.266 e. The molecule has 31 heavy (non-hydrogen) atoms. The van der Waals surface area contributed by atoms with Gasteiger partial charge in [-0.15, -0.1) is 0 Å². The van der Waals surface area contributed by atoms with E-state index in [0.717, 1.165) is 22.6 Å². The van der Waals surface area contributed by atoms with Crippen LogP contribution >= 0.6 is 11.8 Å². The van der Waals surface area contributed by atoms with E-state index in [0.29, 0.717) is 23.2 Å². The van der Waals surface area contributed by atoms with Crippen LogP contribution in [0.15, 0.2) is 83.0 Å². The van der Waals surface area contributed by atoms with E-state index in [2.05, 4.69) is 41.2 Å². The molecule has 1 fully saturated rings. The third kappa shape index (κ3) is 5.22. The predicted molar refractivity (Wildman–Crippen MR) is 126 cm³/mol. The monoisotopic (exact) mass is 429 g/mol. The van der Waals surface area contributed by atoms with Crippen LogP contribution < -0.4 is 4.74 Å². The van der Waals surface area contributed by atoms with Crippen LogP contribution in [0.5, 0.6) is 5.75 Å². The van der Waals surface area contributed by atoms with Crippen molar-refractivity contribution in [1.29, 1.82) is 0 Å². The Bertz CT molecular complexity index is 1130. The second kappa shape index (κ2) is 9.62. The summed E-state index contributed by atoms with van der Waals surface area (Å²) in [4.78, 5) is 23.9. The zero-order chi connectivity index (χ0) is 21.6. The van der Waals surface area contributed by atoms with Crippen molar-refractivity contribution in [1.82, 2.24) is 9.88 Å². The third-order valence-corrected chi connectivity index (χ3v) is 5.76. The van der Waals surface area contributed by atoms with E-state index in [1.165, 1.54) is 17.3 Å². The van der Waals surface area contributed by atoms with Crippen LogP contribution in [0, 0.1) is 6.92 Å². The molecule has 0 aliphatic carbocycles. The maximum atomic E-state index is 12.9. The number of hydrogen-bond acceptors (Lipinski definition) is 5. The molecule has 2 heterocycles. The van der Waals surface area contributed by atoms with Crippen molar-refractivity contribution in [2.24, 2.45) is 4.99 Å². The van der Waals surface area contributed by atoms with Gasteiger partial charge in [-0.05, 0) is 67.1 Å². The first-order valence-electron chi connectivity index (χ1n) is 10.1. The first-order valence-corrected chi connectivity index (χ1v) is 10.9. The summed E-state index contributed by atoms with van der Waals surface area (Å²) >= 11 is 1.38. The Balaban J connectivity index is 1.51. The third-order valence-electron chi connectivity index (χ3n) is 4.76. The number of benzene rings is 2. The Morgan fingerprint density at radius 1 is 1.13 bits per heavy atom. The van der Waals surface area contributed by atoms with Crippen molar-refractivity contribution in [3.63, 3.8) is 0 Å². The standard InChI is InChI=1S/C25H23N3O2S/c1-3-28-24(29)23(31-25(28)27-21-7-5-13-26-16-21)15-20-6-4-8-22(14-20)30-17-19-11-9-18(2)10-12-19/h4-16H,3,17H2,1-2H3/b23-15-,27-25?. The van der Waals surface area contributed by atoms with Gasteiger partial charge in [0.15, 0.2) is 5.17 Å². The van der Waals surface area contributed by atoms with Crippen molar-refractivity contribution in [2.75, 3.05) is 6.54 Å².